The van der Waals surface area contributed by atoms with Crippen molar-refractivity contribution in [3.05, 3.63) is 30.5 Å². The first-order valence-corrected chi connectivity index (χ1v) is 11.0. The van der Waals surface area contributed by atoms with Gasteiger partial charge in [-0.3, -0.25) is 4.79 Å². The number of fused-ring (bicyclic) bond motifs is 2. The van der Waals surface area contributed by atoms with E-state index in [9.17, 15) is 4.79 Å². The Bertz CT molecular complexity index is 817. The number of benzene rings is 1. The Balaban J connectivity index is 1.30. The van der Waals surface area contributed by atoms with Crippen LogP contribution in [0.4, 0.5) is 0 Å². The zero-order valence-electron chi connectivity index (χ0n) is 17.4. The smallest absolute Gasteiger partial charge is 0.257 e. The number of nitrogens with zero attached hydrogens (tertiary/aromatic N) is 2. The van der Waals surface area contributed by atoms with Gasteiger partial charge in [-0.2, -0.15) is 0 Å². The van der Waals surface area contributed by atoms with Gasteiger partial charge in [0.15, 0.2) is 6.61 Å². The van der Waals surface area contributed by atoms with Crippen LogP contribution in [-0.2, 0) is 16.1 Å². The van der Waals surface area contributed by atoms with Crippen LogP contribution >= 0.6 is 0 Å². The van der Waals surface area contributed by atoms with Gasteiger partial charge in [-0.1, -0.05) is 12.5 Å². The molecular formula is C23H33N3O3. The van der Waals surface area contributed by atoms with Gasteiger partial charge in [0, 0.05) is 37.8 Å². The molecule has 2 saturated heterocycles. The van der Waals surface area contributed by atoms with Crippen LogP contribution in [0.2, 0.25) is 0 Å². The number of hydrogen-bond donors (Lipinski definition) is 1. The van der Waals surface area contributed by atoms with E-state index in [0.717, 1.165) is 29.7 Å². The third-order valence-electron chi connectivity index (χ3n) is 6.46. The second kappa shape index (κ2) is 9.63. The van der Waals surface area contributed by atoms with Crippen LogP contribution in [0.3, 0.4) is 0 Å². The molecule has 0 aliphatic carbocycles. The molecule has 0 saturated carbocycles. The van der Waals surface area contributed by atoms with E-state index in [-0.39, 0.29) is 12.5 Å². The summed E-state index contributed by atoms with van der Waals surface area (Å²) in [6, 6.07) is 8.66. The minimum atomic E-state index is -0.0336. The molecule has 0 spiro atoms. The molecule has 0 radical (unpaired) electrons. The van der Waals surface area contributed by atoms with Crippen LogP contribution in [0.15, 0.2) is 30.5 Å². The van der Waals surface area contributed by atoms with E-state index in [4.69, 9.17) is 9.47 Å². The molecule has 6 heteroatoms. The van der Waals surface area contributed by atoms with Crippen LogP contribution in [0, 0.1) is 5.92 Å². The van der Waals surface area contributed by atoms with E-state index in [1.165, 1.54) is 45.2 Å². The summed E-state index contributed by atoms with van der Waals surface area (Å²) in [4.78, 5) is 15.1. The Hall–Kier alpha value is -2.05. The number of aromatic nitrogens is 1. The van der Waals surface area contributed by atoms with Crippen molar-refractivity contribution in [2.75, 3.05) is 40.0 Å². The highest BCUT2D eigenvalue weighted by molar-refractivity contribution is 5.87. The number of piperidine rings is 2. The maximum absolute atomic E-state index is 12.4. The number of ether oxygens (including phenoxy) is 2. The van der Waals surface area contributed by atoms with Crippen molar-refractivity contribution in [2.24, 2.45) is 5.92 Å². The Labute approximate surface area is 173 Å². The maximum Gasteiger partial charge on any atom is 0.257 e. The quantitative estimate of drug-likeness (QED) is 0.741. The Morgan fingerprint density at radius 3 is 2.97 bits per heavy atom. The average molecular weight is 400 g/mol. The summed E-state index contributed by atoms with van der Waals surface area (Å²) in [6.07, 6.45) is 8.42. The second-order valence-corrected chi connectivity index (χ2v) is 8.29. The number of rotatable bonds is 8. The normalized spacial score (nSPS) is 22.4. The third-order valence-corrected chi connectivity index (χ3v) is 6.46. The SMILES string of the molecule is COCCn1ccc2c(OCC(=O)NC[C@@H]3CCCN4CCCC[C@H]34)cccc21. The molecule has 29 heavy (non-hydrogen) atoms. The fraction of sp³-hybridized carbons (Fsp3) is 0.609. The molecular weight excluding hydrogens is 366 g/mol. The van der Waals surface area contributed by atoms with Gasteiger partial charge < -0.3 is 24.3 Å². The summed E-state index contributed by atoms with van der Waals surface area (Å²) >= 11 is 0. The summed E-state index contributed by atoms with van der Waals surface area (Å²) in [5.41, 5.74) is 1.10. The summed E-state index contributed by atoms with van der Waals surface area (Å²) < 4.78 is 13.2. The minimum absolute atomic E-state index is 0.0336. The number of methoxy groups -OCH3 is 1. The van der Waals surface area contributed by atoms with Gasteiger partial charge in [0.1, 0.15) is 5.75 Å². The largest absolute Gasteiger partial charge is 0.483 e. The van der Waals surface area contributed by atoms with Gasteiger partial charge in [-0.15, -0.1) is 0 Å². The number of carbonyl (C=O) groups excluding carboxylic acids is 1. The lowest BCUT2D eigenvalue weighted by atomic mass is 9.83. The van der Waals surface area contributed by atoms with E-state index in [0.29, 0.717) is 18.6 Å². The molecule has 1 N–H and O–H groups in total. The van der Waals surface area contributed by atoms with Crippen molar-refractivity contribution >= 4 is 16.8 Å². The van der Waals surface area contributed by atoms with Crippen LogP contribution in [0.1, 0.15) is 32.1 Å². The Kier molecular flexibility index (Phi) is 6.72. The van der Waals surface area contributed by atoms with Crippen LogP contribution in [0.25, 0.3) is 10.9 Å². The summed E-state index contributed by atoms with van der Waals surface area (Å²) in [7, 11) is 1.71. The predicted molar refractivity (Wildman–Crippen MR) is 114 cm³/mol. The molecule has 3 heterocycles. The Morgan fingerprint density at radius 1 is 1.17 bits per heavy atom. The average Bonchev–Trinajstić information content (AvgIpc) is 3.18. The first-order chi connectivity index (χ1) is 14.3. The molecule has 6 nitrogen and oxygen atoms in total. The molecule has 1 amide bonds. The lowest BCUT2D eigenvalue weighted by molar-refractivity contribution is -0.123. The molecule has 4 rings (SSSR count). The van der Waals surface area contributed by atoms with Crippen molar-refractivity contribution in [3.63, 3.8) is 0 Å². The van der Waals surface area contributed by atoms with E-state index in [2.05, 4.69) is 20.9 Å². The van der Waals surface area contributed by atoms with Crippen molar-refractivity contribution < 1.29 is 14.3 Å². The zero-order valence-corrected chi connectivity index (χ0v) is 17.4. The van der Waals surface area contributed by atoms with E-state index >= 15 is 0 Å². The van der Waals surface area contributed by atoms with Gasteiger partial charge in [-0.05, 0) is 62.9 Å². The molecule has 1 aromatic carbocycles. The first kappa shape index (κ1) is 20.2. The number of hydrogen-bond acceptors (Lipinski definition) is 4. The van der Waals surface area contributed by atoms with Crippen molar-refractivity contribution in [2.45, 2.75) is 44.7 Å². The molecule has 2 fully saturated rings. The topological polar surface area (TPSA) is 55.7 Å². The number of amides is 1. The van der Waals surface area contributed by atoms with Gasteiger partial charge >= 0.3 is 0 Å². The van der Waals surface area contributed by atoms with Crippen LogP contribution in [0.5, 0.6) is 5.75 Å². The van der Waals surface area contributed by atoms with Gasteiger partial charge in [0.2, 0.25) is 0 Å². The number of carbonyl (C=O) groups is 1. The minimum Gasteiger partial charge on any atom is -0.483 e. The summed E-state index contributed by atoms with van der Waals surface area (Å²) in [6.45, 7) is 4.74. The predicted octanol–water partition coefficient (Wildman–Crippen LogP) is 3.05. The van der Waals surface area contributed by atoms with E-state index in [1.807, 2.05) is 24.4 Å². The summed E-state index contributed by atoms with van der Waals surface area (Å²) in [5, 5.41) is 4.15. The molecule has 0 bridgehead atoms. The van der Waals surface area contributed by atoms with Crippen molar-refractivity contribution in [3.8, 4) is 5.75 Å². The lowest BCUT2D eigenvalue weighted by Gasteiger charge is -2.44. The molecule has 2 atom stereocenters. The molecule has 2 aromatic rings. The first-order valence-electron chi connectivity index (χ1n) is 11.0. The lowest BCUT2D eigenvalue weighted by Crippen LogP contribution is -2.51. The van der Waals surface area contributed by atoms with Gasteiger partial charge in [0.05, 0.1) is 12.1 Å². The standard InChI is InChI=1S/C23H33N3O3/c1-28-15-14-26-13-10-19-21(26)8-4-9-22(19)29-17-23(27)24-16-18-6-5-12-25-11-3-2-7-20(18)25/h4,8-10,13,18,20H,2-3,5-7,11-12,14-17H2,1H3,(H,24,27)/t18-,20+/m0/s1. The van der Waals surface area contributed by atoms with Crippen LogP contribution < -0.4 is 10.1 Å². The third kappa shape index (κ3) is 4.75. The highest BCUT2D eigenvalue weighted by Crippen LogP contribution is 2.30. The fourth-order valence-corrected chi connectivity index (χ4v) is 4.96. The van der Waals surface area contributed by atoms with E-state index < -0.39 is 0 Å². The molecule has 158 valence electrons. The fourth-order valence-electron chi connectivity index (χ4n) is 4.96. The highest BCUT2D eigenvalue weighted by Gasteiger charge is 2.32. The zero-order chi connectivity index (χ0) is 20.1. The number of nitrogens with one attached hydrogen (secondary N) is 1. The van der Waals surface area contributed by atoms with Crippen molar-refractivity contribution in [1.29, 1.82) is 0 Å². The second-order valence-electron chi connectivity index (χ2n) is 8.29. The molecule has 2 aliphatic heterocycles. The molecule has 0 unspecified atom stereocenters. The summed E-state index contributed by atoms with van der Waals surface area (Å²) in [5.74, 6) is 1.30. The van der Waals surface area contributed by atoms with E-state index in [1.54, 1.807) is 7.11 Å². The highest BCUT2D eigenvalue weighted by atomic mass is 16.5. The molecule has 2 aliphatic rings. The van der Waals surface area contributed by atoms with Gasteiger partial charge in [0.25, 0.3) is 5.91 Å². The monoisotopic (exact) mass is 399 g/mol. The van der Waals surface area contributed by atoms with Crippen molar-refractivity contribution in [1.82, 2.24) is 14.8 Å². The maximum atomic E-state index is 12.4. The van der Waals surface area contributed by atoms with Crippen LogP contribution in [-0.4, -0.2) is 61.4 Å². The van der Waals surface area contributed by atoms with Gasteiger partial charge in [-0.25, -0.2) is 0 Å². The molecule has 1 aromatic heterocycles. The Morgan fingerprint density at radius 2 is 2.07 bits per heavy atom.